The van der Waals surface area contributed by atoms with Crippen LogP contribution in [0.5, 0.6) is 0 Å². The van der Waals surface area contributed by atoms with E-state index in [1.165, 1.54) is 0 Å². The first-order valence-corrected chi connectivity index (χ1v) is 7.25. The molecule has 1 heterocycles. The maximum atomic E-state index is 11.5. The Morgan fingerprint density at radius 2 is 2.12 bits per heavy atom. The molecule has 0 amide bonds. The largest absolute Gasteiger partial charge is 0.464 e. The van der Waals surface area contributed by atoms with Gasteiger partial charge in [-0.2, -0.15) is 0 Å². The maximum absolute atomic E-state index is 11.5. The molecule has 0 bridgehead atoms. The predicted molar refractivity (Wildman–Crippen MR) is 71.3 cm³/mol. The molecule has 0 radical (unpaired) electrons. The molecular weight excluding hydrogens is 236 g/mol. The van der Waals surface area contributed by atoms with E-state index < -0.39 is 0 Å². The Morgan fingerprint density at radius 3 is 2.59 bits per heavy atom. The predicted octanol–water partition coefficient (Wildman–Crippen LogP) is 2.88. The second-order valence-electron chi connectivity index (χ2n) is 5.27. The van der Waals surface area contributed by atoms with Crippen LogP contribution in [0.4, 0.5) is 0 Å². The molecule has 0 spiro atoms. The number of hydrogen-bond donors (Lipinski definition) is 0. The number of carbonyl (C=O) groups is 1. The molecule has 1 aliphatic heterocycles. The van der Waals surface area contributed by atoms with Crippen LogP contribution in [0.1, 0.15) is 40.5 Å². The van der Waals surface area contributed by atoms with Gasteiger partial charge in [0.1, 0.15) is 6.61 Å². The summed E-state index contributed by atoms with van der Waals surface area (Å²) >= 11 is 1.87. The van der Waals surface area contributed by atoms with Crippen LogP contribution in [0.2, 0.25) is 0 Å². The Hall–Kier alpha value is -0.220. The van der Waals surface area contributed by atoms with Crippen molar-refractivity contribution in [3.8, 4) is 0 Å². The van der Waals surface area contributed by atoms with Crippen molar-refractivity contribution in [1.82, 2.24) is 0 Å². The zero-order valence-corrected chi connectivity index (χ0v) is 12.1. The van der Waals surface area contributed by atoms with Crippen LogP contribution in [0.3, 0.4) is 0 Å². The van der Waals surface area contributed by atoms with E-state index in [0.717, 1.165) is 19.4 Å². The lowest BCUT2D eigenvalue weighted by atomic mass is 10.0. The van der Waals surface area contributed by atoms with Gasteiger partial charge in [0, 0.05) is 6.61 Å². The topological polar surface area (TPSA) is 35.5 Å². The number of hydrogen-bond acceptors (Lipinski definition) is 4. The molecule has 0 aliphatic carbocycles. The Bertz CT molecular complexity index is 245. The summed E-state index contributed by atoms with van der Waals surface area (Å²) in [6.45, 7) is 10.1. The van der Waals surface area contributed by atoms with Gasteiger partial charge < -0.3 is 9.47 Å². The van der Waals surface area contributed by atoms with Crippen LogP contribution < -0.4 is 0 Å². The summed E-state index contributed by atoms with van der Waals surface area (Å²) in [6, 6.07) is 0. The van der Waals surface area contributed by atoms with Gasteiger partial charge in [-0.3, -0.25) is 4.79 Å². The molecule has 0 aromatic carbocycles. The van der Waals surface area contributed by atoms with Crippen LogP contribution in [0.25, 0.3) is 0 Å². The summed E-state index contributed by atoms with van der Waals surface area (Å²) in [5.41, 5.74) is 0. The number of ether oxygens (including phenoxy) is 2. The monoisotopic (exact) mass is 260 g/mol. The van der Waals surface area contributed by atoms with Crippen LogP contribution in [0, 0.1) is 5.92 Å². The first-order valence-electron chi connectivity index (χ1n) is 6.37. The van der Waals surface area contributed by atoms with E-state index in [9.17, 15) is 4.79 Å². The third-order valence-electron chi connectivity index (χ3n) is 2.72. The second kappa shape index (κ2) is 6.64. The Labute approximate surface area is 109 Å². The van der Waals surface area contributed by atoms with E-state index in [2.05, 4.69) is 13.8 Å². The fourth-order valence-corrected chi connectivity index (χ4v) is 3.48. The number of rotatable bonds is 5. The van der Waals surface area contributed by atoms with Gasteiger partial charge >= 0.3 is 5.97 Å². The van der Waals surface area contributed by atoms with Gasteiger partial charge in [-0.25, -0.2) is 0 Å². The van der Waals surface area contributed by atoms with Crippen molar-refractivity contribution in [2.45, 2.75) is 50.5 Å². The number of thioether (sulfide) groups is 1. The maximum Gasteiger partial charge on any atom is 0.308 e. The van der Waals surface area contributed by atoms with E-state index in [1.54, 1.807) is 0 Å². The standard InChI is InChI=1S/C13H24O3S/c1-10(2)12(14)16-9-13(17-11(3)4)6-5-7-15-8-13/h10-11H,5-9H2,1-4H3. The first kappa shape index (κ1) is 14.8. The van der Waals surface area contributed by atoms with E-state index in [1.807, 2.05) is 25.6 Å². The average molecular weight is 260 g/mol. The van der Waals surface area contributed by atoms with E-state index in [4.69, 9.17) is 9.47 Å². The Morgan fingerprint density at radius 1 is 1.41 bits per heavy atom. The fourth-order valence-electron chi connectivity index (χ4n) is 1.94. The molecule has 1 atom stereocenters. The normalized spacial score (nSPS) is 25.3. The summed E-state index contributed by atoms with van der Waals surface area (Å²) < 4.78 is 10.9. The lowest BCUT2D eigenvalue weighted by Gasteiger charge is -2.37. The van der Waals surface area contributed by atoms with Crippen LogP contribution >= 0.6 is 11.8 Å². The van der Waals surface area contributed by atoms with Gasteiger partial charge in [-0.05, 0) is 18.1 Å². The highest BCUT2D eigenvalue weighted by atomic mass is 32.2. The molecule has 0 aromatic rings. The smallest absolute Gasteiger partial charge is 0.308 e. The van der Waals surface area contributed by atoms with Crippen LogP contribution in [-0.4, -0.2) is 35.8 Å². The van der Waals surface area contributed by atoms with Crippen molar-refractivity contribution < 1.29 is 14.3 Å². The van der Waals surface area contributed by atoms with Crippen molar-refractivity contribution in [3.63, 3.8) is 0 Å². The lowest BCUT2D eigenvalue weighted by Crippen LogP contribution is -2.42. The van der Waals surface area contributed by atoms with Crippen molar-refractivity contribution in [3.05, 3.63) is 0 Å². The Balaban J connectivity index is 2.54. The molecule has 1 unspecified atom stereocenters. The van der Waals surface area contributed by atoms with Crippen molar-refractivity contribution >= 4 is 17.7 Å². The van der Waals surface area contributed by atoms with E-state index >= 15 is 0 Å². The molecule has 100 valence electrons. The van der Waals surface area contributed by atoms with Gasteiger partial charge in [0.05, 0.1) is 17.3 Å². The molecule has 0 saturated carbocycles. The highest BCUT2D eigenvalue weighted by Gasteiger charge is 2.36. The molecule has 17 heavy (non-hydrogen) atoms. The molecule has 1 aliphatic rings. The minimum absolute atomic E-state index is 0.0308. The molecule has 1 rings (SSSR count). The van der Waals surface area contributed by atoms with Gasteiger partial charge in [-0.1, -0.05) is 27.7 Å². The second-order valence-corrected chi connectivity index (χ2v) is 7.31. The first-order chi connectivity index (χ1) is 7.95. The molecule has 1 fully saturated rings. The van der Waals surface area contributed by atoms with E-state index in [-0.39, 0.29) is 16.6 Å². The molecule has 4 heteroatoms. The van der Waals surface area contributed by atoms with Gasteiger partial charge in [0.15, 0.2) is 0 Å². The van der Waals surface area contributed by atoms with Gasteiger partial charge in [-0.15, -0.1) is 11.8 Å². The van der Waals surface area contributed by atoms with E-state index in [0.29, 0.717) is 18.5 Å². The summed E-state index contributed by atoms with van der Waals surface area (Å²) in [7, 11) is 0. The average Bonchev–Trinajstić information content (AvgIpc) is 2.26. The summed E-state index contributed by atoms with van der Waals surface area (Å²) in [5.74, 6) is -0.167. The van der Waals surface area contributed by atoms with Crippen molar-refractivity contribution in [1.29, 1.82) is 0 Å². The SMILES string of the molecule is CC(C)SC1(COC(=O)C(C)C)CCCOC1. The van der Waals surface area contributed by atoms with Crippen molar-refractivity contribution in [2.75, 3.05) is 19.8 Å². The third-order valence-corrected chi connectivity index (χ3v) is 4.13. The molecule has 0 aromatic heterocycles. The number of carbonyl (C=O) groups excluding carboxylic acids is 1. The summed E-state index contributed by atoms with van der Waals surface area (Å²) in [6.07, 6.45) is 2.13. The van der Waals surface area contributed by atoms with Crippen molar-refractivity contribution in [2.24, 2.45) is 5.92 Å². The molecule has 3 nitrogen and oxygen atoms in total. The lowest BCUT2D eigenvalue weighted by molar-refractivity contribution is -0.149. The quantitative estimate of drug-likeness (QED) is 0.712. The summed E-state index contributed by atoms with van der Waals surface area (Å²) in [5, 5.41) is 0.523. The van der Waals surface area contributed by atoms with Gasteiger partial charge in [0.25, 0.3) is 0 Å². The molecule has 0 N–H and O–H groups in total. The summed E-state index contributed by atoms with van der Waals surface area (Å²) in [4.78, 5) is 11.5. The fraction of sp³-hybridized carbons (Fsp3) is 0.923. The third kappa shape index (κ3) is 4.88. The minimum Gasteiger partial charge on any atom is -0.464 e. The highest BCUT2D eigenvalue weighted by Crippen LogP contribution is 2.37. The molecule has 1 saturated heterocycles. The zero-order chi connectivity index (χ0) is 12.9. The number of esters is 1. The van der Waals surface area contributed by atoms with Crippen LogP contribution in [-0.2, 0) is 14.3 Å². The van der Waals surface area contributed by atoms with Gasteiger partial charge in [0.2, 0.25) is 0 Å². The Kier molecular flexibility index (Phi) is 5.80. The zero-order valence-electron chi connectivity index (χ0n) is 11.3. The van der Waals surface area contributed by atoms with Crippen LogP contribution in [0.15, 0.2) is 0 Å². The molecular formula is C13H24O3S. The minimum atomic E-state index is -0.112. The highest BCUT2D eigenvalue weighted by molar-refractivity contribution is 8.01.